The first-order valence-corrected chi connectivity index (χ1v) is 5.54. The van der Waals surface area contributed by atoms with Gasteiger partial charge in [-0.15, -0.1) is 0 Å². The van der Waals surface area contributed by atoms with Gasteiger partial charge in [-0.1, -0.05) is 12.1 Å². The van der Waals surface area contributed by atoms with Crippen LogP contribution >= 0.6 is 0 Å². The van der Waals surface area contributed by atoms with Crippen LogP contribution in [0.15, 0.2) is 24.3 Å². The molecule has 1 aromatic heterocycles. The second kappa shape index (κ2) is 4.52. The maximum absolute atomic E-state index is 12.0. The minimum absolute atomic E-state index is 0.312. The number of nitrogens with one attached hydrogen (secondary N) is 1. The molecular weight excluding hydrogens is 232 g/mol. The normalized spacial score (nSPS) is 10.6. The third kappa shape index (κ3) is 2.20. The van der Waals surface area contributed by atoms with Gasteiger partial charge >= 0.3 is 5.97 Å². The number of likely N-dealkylation sites (N-methyl/N-ethyl adjacent to an activating group) is 1. The smallest absolute Gasteiger partial charge is 0.323 e. The molecule has 0 aliphatic carbocycles. The lowest BCUT2D eigenvalue weighted by atomic mass is 10.1. The van der Waals surface area contributed by atoms with E-state index < -0.39 is 5.97 Å². The highest BCUT2D eigenvalue weighted by molar-refractivity contribution is 5.99. The SMILES string of the molecule is Cc1cccc2[nH]c(C(=O)N(C)CC(=O)O)cc12. The van der Waals surface area contributed by atoms with Gasteiger partial charge in [0, 0.05) is 18.0 Å². The molecule has 2 N–H and O–H groups in total. The monoisotopic (exact) mass is 246 g/mol. The van der Waals surface area contributed by atoms with Crippen molar-refractivity contribution in [1.29, 1.82) is 0 Å². The molecule has 0 spiro atoms. The Kier molecular flexibility index (Phi) is 3.06. The quantitative estimate of drug-likeness (QED) is 0.864. The zero-order valence-electron chi connectivity index (χ0n) is 10.2. The number of hydrogen-bond donors (Lipinski definition) is 2. The van der Waals surface area contributed by atoms with Crippen LogP contribution in [0.3, 0.4) is 0 Å². The summed E-state index contributed by atoms with van der Waals surface area (Å²) in [6.45, 7) is 1.65. The van der Waals surface area contributed by atoms with Crippen LogP contribution in [0.4, 0.5) is 0 Å². The number of aromatic nitrogens is 1. The molecule has 1 aromatic carbocycles. The number of amides is 1. The number of carboxylic acids is 1. The largest absolute Gasteiger partial charge is 0.480 e. The fourth-order valence-corrected chi connectivity index (χ4v) is 1.90. The van der Waals surface area contributed by atoms with Gasteiger partial charge in [-0.2, -0.15) is 0 Å². The fraction of sp³-hybridized carbons (Fsp3) is 0.231. The molecule has 2 rings (SSSR count). The summed E-state index contributed by atoms with van der Waals surface area (Å²) in [6, 6.07) is 7.51. The summed E-state index contributed by atoms with van der Waals surface area (Å²) in [4.78, 5) is 26.7. The topological polar surface area (TPSA) is 73.4 Å². The van der Waals surface area contributed by atoms with Gasteiger partial charge in [-0.05, 0) is 24.6 Å². The molecule has 0 saturated carbocycles. The molecule has 94 valence electrons. The van der Waals surface area contributed by atoms with Crippen molar-refractivity contribution in [2.75, 3.05) is 13.6 Å². The summed E-state index contributed by atoms with van der Waals surface area (Å²) in [5, 5.41) is 9.64. The fourth-order valence-electron chi connectivity index (χ4n) is 1.90. The number of carbonyl (C=O) groups excluding carboxylic acids is 1. The Hall–Kier alpha value is -2.30. The third-order valence-electron chi connectivity index (χ3n) is 2.83. The number of nitrogens with zero attached hydrogens (tertiary/aromatic N) is 1. The highest BCUT2D eigenvalue weighted by atomic mass is 16.4. The van der Waals surface area contributed by atoms with E-state index in [4.69, 9.17) is 5.11 Å². The number of aromatic amines is 1. The average molecular weight is 246 g/mol. The summed E-state index contributed by atoms with van der Waals surface area (Å²) in [7, 11) is 1.47. The highest BCUT2D eigenvalue weighted by Gasteiger charge is 2.16. The molecule has 1 heterocycles. The molecule has 1 amide bonds. The van der Waals surface area contributed by atoms with Gasteiger partial charge in [0.15, 0.2) is 0 Å². The number of fused-ring (bicyclic) bond motifs is 1. The van der Waals surface area contributed by atoms with Crippen molar-refractivity contribution in [3.05, 3.63) is 35.5 Å². The predicted molar refractivity (Wildman–Crippen MR) is 67.6 cm³/mol. The third-order valence-corrected chi connectivity index (χ3v) is 2.83. The average Bonchev–Trinajstić information content (AvgIpc) is 2.72. The molecule has 18 heavy (non-hydrogen) atoms. The van der Waals surface area contributed by atoms with Gasteiger partial charge in [0.2, 0.25) is 0 Å². The molecule has 0 saturated heterocycles. The number of rotatable bonds is 3. The Bertz CT molecular complexity index is 616. The van der Waals surface area contributed by atoms with Crippen molar-refractivity contribution in [1.82, 2.24) is 9.88 Å². The summed E-state index contributed by atoms with van der Waals surface area (Å²) in [5.74, 6) is -1.36. The van der Waals surface area contributed by atoms with Crippen molar-refractivity contribution in [3.8, 4) is 0 Å². The number of carbonyl (C=O) groups is 2. The first kappa shape index (κ1) is 12.2. The number of hydrogen-bond acceptors (Lipinski definition) is 2. The molecule has 5 heteroatoms. The molecule has 0 aliphatic rings. The molecule has 5 nitrogen and oxygen atoms in total. The second-order valence-electron chi connectivity index (χ2n) is 4.27. The molecule has 0 unspecified atom stereocenters. The Morgan fingerprint density at radius 3 is 2.72 bits per heavy atom. The molecule has 0 aliphatic heterocycles. The molecule has 0 fully saturated rings. The number of carboxylic acid groups (broad SMARTS) is 1. The number of H-pyrrole nitrogens is 1. The van der Waals surface area contributed by atoms with E-state index in [2.05, 4.69) is 4.98 Å². The van der Waals surface area contributed by atoms with Crippen LogP contribution in [0.5, 0.6) is 0 Å². The lowest BCUT2D eigenvalue weighted by Gasteiger charge is -2.12. The van der Waals surface area contributed by atoms with E-state index in [9.17, 15) is 9.59 Å². The standard InChI is InChI=1S/C13H14N2O3/c1-8-4-3-5-10-9(8)6-11(14-10)13(18)15(2)7-12(16)17/h3-6,14H,7H2,1-2H3,(H,16,17). The van der Waals surface area contributed by atoms with E-state index >= 15 is 0 Å². The van der Waals surface area contributed by atoms with Crippen molar-refractivity contribution < 1.29 is 14.7 Å². The summed E-state index contributed by atoms with van der Waals surface area (Å²) >= 11 is 0. The maximum Gasteiger partial charge on any atom is 0.323 e. The van der Waals surface area contributed by atoms with Crippen molar-refractivity contribution in [3.63, 3.8) is 0 Å². The minimum atomic E-state index is -1.03. The molecule has 0 radical (unpaired) electrons. The minimum Gasteiger partial charge on any atom is -0.480 e. The van der Waals surface area contributed by atoms with Crippen LogP contribution in [-0.2, 0) is 4.79 Å². The van der Waals surface area contributed by atoms with Crippen LogP contribution in [0.2, 0.25) is 0 Å². The van der Waals surface area contributed by atoms with E-state index in [1.165, 1.54) is 11.9 Å². The molecule has 0 bridgehead atoms. The number of aliphatic carboxylic acids is 1. The van der Waals surface area contributed by atoms with Gasteiger partial charge < -0.3 is 15.0 Å². The van der Waals surface area contributed by atoms with Crippen molar-refractivity contribution in [2.24, 2.45) is 0 Å². The molecule has 2 aromatic rings. The number of benzene rings is 1. The Morgan fingerprint density at radius 2 is 2.11 bits per heavy atom. The first-order chi connectivity index (χ1) is 8.49. The summed E-state index contributed by atoms with van der Waals surface area (Å²) in [6.07, 6.45) is 0. The lowest BCUT2D eigenvalue weighted by Crippen LogP contribution is -2.32. The van der Waals surface area contributed by atoms with Crippen molar-refractivity contribution in [2.45, 2.75) is 6.92 Å². The van der Waals surface area contributed by atoms with Crippen LogP contribution in [0.25, 0.3) is 10.9 Å². The van der Waals surface area contributed by atoms with E-state index in [0.717, 1.165) is 16.5 Å². The van der Waals surface area contributed by atoms with E-state index in [0.29, 0.717) is 5.69 Å². The van der Waals surface area contributed by atoms with E-state index in [-0.39, 0.29) is 12.5 Å². The second-order valence-corrected chi connectivity index (χ2v) is 4.27. The molecule has 0 atom stereocenters. The van der Waals surface area contributed by atoms with E-state index in [1.807, 2.05) is 25.1 Å². The molecular formula is C13H14N2O3. The van der Waals surface area contributed by atoms with Gasteiger partial charge in [-0.25, -0.2) is 0 Å². The highest BCUT2D eigenvalue weighted by Crippen LogP contribution is 2.19. The Balaban J connectivity index is 2.34. The predicted octanol–water partition coefficient (Wildman–Crippen LogP) is 1.63. The van der Waals surface area contributed by atoms with Crippen LogP contribution in [-0.4, -0.2) is 40.5 Å². The zero-order valence-corrected chi connectivity index (χ0v) is 10.2. The van der Waals surface area contributed by atoms with Gasteiger partial charge in [0.25, 0.3) is 5.91 Å². The van der Waals surface area contributed by atoms with Gasteiger partial charge in [0.1, 0.15) is 12.2 Å². The van der Waals surface area contributed by atoms with Crippen molar-refractivity contribution >= 4 is 22.8 Å². The summed E-state index contributed by atoms with van der Waals surface area (Å²) < 4.78 is 0. The van der Waals surface area contributed by atoms with Gasteiger partial charge in [0.05, 0.1) is 0 Å². The first-order valence-electron chi connectivity index (χ1n) is 5.54. The van der Waals surface area contributed by atoms with E-state index in [1.54, 1.807) is 6.07 Å². The summed E-state index contributed by atoms with van der Waals surface area (Å²) in [5.41, 5.74) is 2.36. The Morgan fingerprint density at radius 1 is 1.39 bits per heavy atom. The van der Waals surface area contributed by atoms with Crippen LogP contribution in [0, 0.1) is 6.92 Å². The maximum atomic E-state index is 12.0. The lowest BCUT2D eigenvalue weighted by molar-refractivity contribution is -0.137. The Labute approximate surface area is 104 Å². The van der Waals surface area contributed by atoms with Crippen LogP contribution in [0.1, 0.15) is 16.1 Å². The number of aryl methyl sites for hydroxylation is 1. The van der Waals surface area contributed by atoms with Gasteiger partial charge in [-0.3, -0.25) is 9.59 Å². The zero-order chi connectivity index (χ0) is 13.3. The van der Waals surface area contributed by atoms with Crippen LogP contribution < -0.4 is 0 Å².